The lowest BCUT2D eigenvalue weighted by molar-refractivity contribution is -0.274. The average Bonchev–Trinajstić information content (AvgIpc) is 3.03. The van der Waals surface area contributed by atoms with Gasteiger partial charge in [-0.2, -0.15) is 9.36 Å². The molecule has 0 aliphatic heterocycles. The van der Waals surface area contributed by atoms with Crippen molar-refractivity contribution in [3.05, 3.63) is 54.2 Å². The third-order valence-corrected chi connectivity index (χ3v) is 3.53. The van der Waals surface area contributed by atoms with Gasteiger partial charge in [0.05, 0.1) is 5.56 Å². The molecule has 25 heavy (non-hydrogen) atoms. The Hall–Kier alpha value is -3.01. The lowest BCUT2D eigenvalue weighted by Gasteiger charge is -2.12. The molecule has 0 atom stereocenters. The molecular weight excluding hydrogens is 357 g/mol. The van der Waals surface area contributed by atoms with Gasteiger partial charge < -0.3 is 4.74 Å². The van der Waals surface area contributed by atoms with Crippen LogP contribution in [0.2, 0.25) is 0 Å². The smallest absolute Gasteiger partial charge is 0.405 e. The van der Waals surface area contributed by atoms with Crippen LogP contribution >= 0.6 is 11.5 Å². The van der Waals surface area contributed by atoms with E-state index >= 15 is 0 Å². The van der Waals surface area contributed by atoms with Gasteiger partial charge in [0.1, 0.15) is 11.4 Å². The van der Waals surface area contributed by atoms with Crippen molar-refractivity contribution < 1.29 is 22.7 Å². The largest absolute Gasteiger partial charge is 0.573 e. The number of aromatic nitrogens is 3. The van der Waals surface area contributed by atoms with Gasteiger partial charge in [-0.25, -0.2) is 0 Å². The maximum Gasteiger partial charge on any atom is 0.573 e. The molecule has 3 rings (SSSR count). The summed E-state index contributed by atoms with van der Waals surface area (Å²) in [6.45, 7) is 0. The van der Waals surface area contributed by atoms with Crippen LogP contribution in [0.4, 0.5) is 18.3 Å². The topological polar surface area (TPSA) is 77.0 Å². The lowest BCUT2D eigenvalue weighted by Crippen LogP contribution is -2.20. The summed E-state index contributed by atoms with van der Waals surface area (Å²) < 4.78 is 45.2. The van der Waals surface area contributed by atoms with Crippen molar-refractivity contribution in [3.63, 3.8) is 0 Å². The highest BCUT2D eigenvalue weighted by atomic mass is 32.1. The first kappa shape index (κ1) is 16.8. The van der Waals surface area contributed by atoms with Gasteiger partial charge in [0.2, 0.25) is 5.13 Å². The van der Waals surface area contributed by atoms with Crippen molar-refractivity contribution in [2.24, 2.45) is 0 Å². The number of carbonyl (C=O) groups is 1. The molecule has 0 aliphatic carbocycles. The van der Waals surface area contributed by atoms with Crippen LogP contribution in [-0.4, -0.2) is 26.6 Å². The van der Waals surface area contributed by atoms with Crippen molar-refractivity contribution in [2.45, 2.75) is 6.36 Å². The summed E-state index contributed by atoms with van der Waals surface area (Å²) in [6, 6.07) is 10.2. The molecule has 0 saturated carbocycles. The molecule has 0 aliphatic rings. The molecule has 0 radical (unpaired) electrons. The van der Waals surface area contributed by atoms with Gasteiger partial charge in [0.25, 0.3) is 5.91 Å². The van der Waals surface area contributed by atoms with E-state index < -0.39 is 18.0 Å². The summed E-state index contributed by atoms with van der Waals surface area (Å²) in [6.07, 6.45) is -3.33. The van der Waals surface area contributed by atoms with Gasteiger partial charge in [0.15, 0.2) is 5.82 Å². The van der Waals surface area contributed by atoms with Gasteiger partial charge in [-0.15, -0.1) is 13.2 Å². The molecule has 2 heterocycles. The van der Waals surface area contributed by atoms with E-state index in [1.807, 2.05) is 0 Å². The van der Waals surface area contributed by atoms with E-state index in [-0.39, 0.29) is 10.7 Å². The van der Waals surface area contributed by atoms with Crippen LogP contribution in [-0.2, 0) is 0 Å². The van der Waals surface area contributed by atoms with E-state index in [2.05, 4.69) is 24.4 Å². The highest BCUT2D eigenvalue weighted by Gasteiger charge is 2.33. The van der Waals surface area contributed by atoms with Crippen LogP contribution in [0.5, 0.6) is 5.75 Å². The molecule has 0 fully saturated rings. The van der Waals surface area contributed by atoms with E-state index in [1.165, 1.54) is 18.2 Å². The molecule has 2 aromatic heterocycles. The minimum atomic E-state index is -4.90. The molecule has 1 aromatic carbocycles. The summed E-state index contributed by atoms with van der Waals surface area (Å²) in [4.78, 5) is 20.4. The molecule has 1 amide bonds. The number of pyridine rings is 1. The van der Waals surface area contributed by atoms with E-state index in [9.17, 15) is 18.0 Å². The molecule has 0 bridgehead atoms. The van der Waals surface area contributed by atoms with Crippen LogP contribution in [0.3, 0.4) is 0 Å². The Morgan fingerprint density at radius 3 is 2.60 bits per heavy atom. The number of hydrogen-bond donors (Lipinski definition) is 1. The van der Waals surface area contributed by atoms with Crippen molar-refractivity contribution in [3.8, 4) is 17.3 Å². The second-order valence-corrected chi connectivity index (χ2v) is 5.39. The molecule has 0 spiro atoms. The monoisotopic (exact) mass is 366 g/mol. The highest BCUT2D eigenvalue weighted by molar-refractivity contribution is 7.10. The van der Waals surface area contributed by atoms with E-state index in [4.69, 9.17) is 0 Å². The lowest BCUT2D eigenvalue weighted by atomic mass is 10.2. The number of ether oxygens (including phenoxy) is 1. The average molecular weight is 366 g/mol. The zero-order chi connectivity index (χ0) is 17.9. The summed E-state index contributed by atoms with van der Waals surface area (Å²) in [7, 11) is 0. The second-order valence-electron chi connectivity index (χ2n) is 4.64. The summed E-state index contributed by atoms with van der Waals surface area (Å²) >= 11 is 0.890. The van der Waals surface area contributed by atoms with E-state index in [1.54, 1.807) is 24.4 Å². The highest BCUT2D eigenvalue weighted by Crippen LogP contribution is 2.27. The third kappa shape index (κ3) is 4.29. The van der Waals surface area contributed by atoms with Crippen LogP contribution in [0.25, 0.3) is 11.5 Å². The van der Waals surface area contributed by atoms with Crippen LogP contribution in [0.15, 0.2) is 48.7 Å². The molecule has 0 unspecified atom stereocenters. The maximum absolute atomic E-state index is 12.4. The minimum absolute atomic E-state index is 0.132. The van der Waals surface area contributed by atoms with E-state index in [0.717, 1.165) is 17.6 Å². The molecule has 3 aromatic rings. The van der Waals surface area contributed by atoms with Crippen molar-refractivity contribution in [2.75, 3.05) is 5.32 Å². The quantitative estimate of drug-likeness (QED) is 0.761. The predicted molar refractivity (Wildman–Crippen MR) is 84.2 cm³/mol. The van der Waals surface area contributed by atoms with Crippen molar-refractivity contribution >= 4 is 22.6 Å². The number of alkyl halides is 3. The Morgan fingerprint density at radius 1 is 1.12 bits per heavy atom. The first-order valence-corrected chi connectivity index (χ1v) is 7.61. The van der Waals surface area contributed by atoms with Gasteiger partial charge in [0, 0.05) is 17.7 Å². The zero-order valence-electron chi connectivity index (χ0n) is 12.3. The first-order chi connectivity index (χ1) is 11.9. The number of benzene rings is 1. The number of nitrogens with zero attached hydrogens (tertiary/aromatic N) is 3. The normalized spacial score (nSPS) is 11.2. The minimum Gasteiger partial charge on any atom is -0.405 e. The molecule has 128 valence electrons. The van der Waals surface area contributed by atoms with Gasteiger partial charge in [-0.1, -0.05) is 18.2 Å². The van der Waals surface area contributed by atoms with Crippen LogP contribution in [0.1, 0.15) is 10.4 Å². The zero-order valence-corrected chi connectivity index (χ0v) is 13.1. The van der Waals surface area contributed by atoms with E-state index in [0.29, 0.717) is 11.5 Å². The maximum atomic E-state index is 12.4. The molecular formula is C15H9F3N4O2S. The van der Waals surface area contributed by atoms with Crippen molar-refractivity contribution in [1.82, 2.24) is 14.3 Å². The fourth-order valence-corrected chi connectivity index (χ4v) is 2.48. The number of para-hydroxylation sites is 1. The number of carbonyl (C=O) groups excluding carboxylic acids is 1. The molecule has 6 nitrogen and oxygen atoms in total. The number of hydrogen-bond acceptors (Lipinski definition) is 6. The van der Waals surface area contributed by atoms with Crippen molar-refractivity contribution in [1.29, 1.82) is 0 Å². The molecule has 10 heteroatoms. The van der Waals surface area contributed by atoms with Gasteiger partial charge in [-0.05, 0) is 24.3 Å². The van der Waals surface area contributed by atoms with Crippen LogP contribution < -0.4 is 10.1 Å². The van der Waals surface area contributed by atoms with Gasteiger partial charge in [-0.3, -0.25) is 15.1 Å². The number of anilines is 1. The Bertz CT molecular complexity index is 884. The summed E-state index contributed by atoms with van der Waals surface area (Å²) in [5.74, 6) is -1.08. The molecule has 0 saturated heterocycles. The standard InChI is InChI=1S/C15H9F3N4O2S/c16-15(17,18)24-11-7-2-1-5-9(11)13(23)21-14-20-12(22-25-14)10-6-3-4-8-19-10/h1-8H,(H,20,21,22,23). The summed E-state index contributed by atoms with van der Waals surface area (Å²) in [5.41, 5.74) is 0.245. The third-order valence-electron chi connectivity index (χ3n) is 2.90. The predicted octanol–water partition coefficient (Wildman–Crippen LogP) is 3.75. The fourth-order valence-electron chi connectivity index (χ4n) is 1.91. The number of rotatable bonds is 4. The van der Waals surface area contributed by atoms with Crippen LogP contribution in [0, 0.1) is 0 Å². The fraction of sp³-hybridized carbons (Fsp3) is 0.0667. The Labute approximate surface area is 143 Å². The first-order valence-electron chi connectivity index (χ1n) is 6.83. The number of nitrogens with one attached hydrogen (secondary N) is 1. The Morgan fingerprint density at radius 2 is 1.88 bits per heavy atom. The number of halogens is 3. The number of amides is 1. The second kappa shape index (κ2) is 6.85. The van der Waals surface area contributed by atoms with Gasteiger partial charge >= 0.3 is 6.36 Å². The SMILES string of the molecule is O=C(Nc1nc(-c2ccccn2)ns1)c1ccccc1OC(F)(F)F. The molecule has 1 N–H and O–H groups in total. The Kier molecular flexibility index (Phi) is 4.61. The Balaban J connectivity index is 1.79. The summed E-state index contributed by atoms with van der Waals surface area (Å²) in [5, 5.41) is 2.54.